The minimum Gasteiger partial charge on any atom is -0.490 e. The SMILES string of the molecule is CCCOc1ccc(CNc2nc3ccccc3n2[C@H]2CC[C@@H](CO)O2)cc1OCCCNC(CO)CO. The maximum atomic E-state index is 9.55. The standard InChI is InChI=1S/C28H40N4O6/c1-2-13-36-25-10-8-20(15-26(25)37-14-5-12-29-21(17-33)18-34)16-30-28-31-23-6-3-4-7-24(23)32(28)27-11-9-22(19-35)38-27/h3-4,6-8,10,15,21-22,27,29,33-35H,2,5,9,11-14,16-19H2,1H3,(H,30,31)/t22-,27+/m0/s1. The molecule has 0 amide bonds. The van der Waals surface area contributed by atoms with Crippen LogP contribution in [0.1, 0.15) is 44.4 Å². The molecule has 2 atom stereocenters. The average molecular weight is 529 g/mol. The van der Waals surface area contributed by atoms with Crippen LogP contribution >= 0.6 is 0 Å². The number of nitrogens with one attached hydrogen (secondary N) is 2. The third-order valence-electron chi connectivity index (χ3n) is 6.55. The highest BCUT2D eigenvalue weighted by molar-refractivity contribution is 5.78. The van der Waals surface area contributed by atoms with Gasteiger partial charge in [-0.2, -0.15) is 0 Å². The van der Waals surface area contributed by atoms with Gasteiger partial charge in [0.05, 0.1) is 56.2 Å². The minimum absolute atomic E-state index is 0.0145. The highest BCUT2D eigenvalue weighted by atomic mass is 16.5. The molecular weight excluding hydrogens is 488 g/mol. The fourth-order valence-corrected chi connectivity index (χ4v) is 4.51. The van der Waals surface area contributed by atoms with Crippen LogP contribution in [0.15, 0.2) is 42.5 Å². The molecule has 0 aliphatic carbocycles. The van der Waals surface area contributed by atoms with Crippen molar-refractivity contribution in [2.75, 3.05) is 44.9 Å². The van der Waals surface area contributed by atoms with Crippen molar-refractivity contribution in [2.24, 2.45) is 0 Å². The molecule has 2 aromatic carbocycles. The Balaban J connectivity index is 1.44. The average Bonchev–Trinajstić information content (AvgIpc) is 3.57. The number of fused-ring (bicyclic) bond motifs is 1. The van der Waals surface area contributed by atoms with Gasteiger partial charge in [-0.05, 0) is 62.1 Å². The fourth-order valence-electron chi connectivity index (χ4n) is 4.51. The molecule has 0 unspecified atom stereocenters. The van der Waals surface area contributed by atoms with Gasteiger partial charge >= 0.3 is 0 Å². The molecule has 1 aliphatic rings. The van der Waals surface area contributed by atoms with E-state index in [4.69, 9.17) is 19.2 Å². The largest absolute Gasteiger partial charge is 0.490 e. The predicted octanol–water partition coefficient (Wildman–Crippen LogP) is 2.82. The summed E-state index contributed by atoms with van der Waals surface area (Å²) < 4.78 is 20.1. The molecule has 1 saturated heterocycles. The zero-order chi connectivity index (χ0) is 26.7. The number of nitrogens with zero attached hydrogens (tertiary/aromatic N) is 2. The Morgan fingerprint density at radius 1 is 1.05 bits per heavy atom. The lowest BCUT2D eigenvalue weighted by Gasteiger charge is -2.19. The van der Waals surface area contributed by atoms with Crippen molar-refractivity contribution in [1.29, 1.82) is 0 Å². The van der Waals surface area contributed by atoms with Crippen LogP contribution in [-0.2, 0) is 11.3 Å². The van der Waals surface area contributed by atoms with Crippen LogP contribution in [0.25, 0.3) is 11.0 Å². The lowest BCUT2D eigenvalue weighted by atomic mass is 10.2. The molecule has 208 valence electrons. The van der Waals surface area contributed by atoms with Crippen molar-refractivity contribution < 1.29 is 29.5 Å². The molecule has 0 radical (unpaired) electrons. The van der Waals surface area contributed by atoms with E-state index in [2.05, 4.69) is 22.1 Å². The summed E-state index contributed by atoms with van der Waals surface area (Å²) in [5.41, 5.74) is 2.89. The van der Waals surface area contributed by atoms with Crippen LogP contribution < -0.4 is 20.1 Å². The van der Waals surface area contributed by atoms with Gasteiger partial charge in [0.15, 0.2) is 11.5 Å². The van der Waals surface area contributed by atoms with E-state index in [1.165, 1.54) is 0 Å². The number of aromatic nitrogens is 2. The van der Waals surface area contributed by atoms with Crippen LogP contribution in [0, 0.1) is 0 Å². The van der Waals surface area contributed by atoms with Gasteiger partial charge in [-0.3, -0.25) is 4.57 Å². The van der Waals surface area contributed by atoms with Gasteiger partial charge in [0.1, 0.15) is 6.23 Å². The highest BCUT2D eigenvalue weighted by Gasteiger charge is 2.29. The summed E-state index contributed by atoms with van der Waals surface area (Å²) in [4.78, 5) is 4.81. The molecule has 2 heterocycles. The number of rotatable bonds is 16. The van der Waals surface area contributed by atoms with E-state index in [9.17, 15) is 15.3 Å². The third kappa shape index (κ3) is 7.15. The molecule has 10 heteroatoms. The molecule has 0 saturated carbocycles. The number of ether oxygens (including phenoxy) is 3. The molecule has 0 bridgehead atoms. The molecule has 4 rings (SSSR count). The first-order valence-electron chi connectivity index (χ1n) is 13.5. The number of aliphatic hydroxyl groups is 3. The molecule has 3 aromatic rings. The van der Waals surface area contributed by atoms with E-state index in [0.29, 0.717) is 44.2 Å². The molecule has 5 N–H and O–H groups in total. The summed E-state index contributed by atoms with van der Waals surface area (Å²) in [5, 5.41) is 34.5. The van der Waals surface area contributed by atoms with E-state index in [1.54, 1.807) is 0 Å². The Morgan fingerprint density at radius 2 is 1.87 bits per heavy atom. The van der Waals surface area contributed by atoms with Crippen LogP contribution in [0.4, 0.5) is 5.95 Å². The fraction of sp³-hybridized carbons (Fsp3) is 0.536. The lowest BCUT2D eigenvalue weighted by molar-refractivity contribution is -0.0195. The van der Waals surface area contributed by atoms with Crippen LogP contribution in [0.2, 0.25) is 0 Å². The molecule has 38 heavy (non-hydrogen) atoms. The van der Waals surface area contributed by atoms with E-state index in [1.807, 2.05) is 42.5 Å². The molecular formula is C28H40N4O6. The summed E-state index contributed by atoms with van der Waals surface area (Å²) in [6, 6.07) is 13.6. The Kier molecular flexibility index (Phi) is 10.6. The van der Waals surface area contributed by atoms with Crippen LogP contribution in [0.3, 0.4) is 0 Å². The normalized spacial score (nSPS) is 17.4. The lowest BCUT2D eigenvalue weighted by Crippen LogP contribution is -2.36. The molecule has 1 aliphatic heterocycles. The maximum absolute atomic E-state index is 9.55. The monoisotopic (exact) mass is 528 g/mol. The minimum atomic E-state index is -0.318. The van der Waals surface area contributed by atoms with Crippen molar-refractivity contribution in [2.45, 2.75) is 57.5 Å². The molecule has 0 spiro atoms. The second kappa shape index (κ2) is 14.3. The summed E-state index contributed by atoms with van der Waals surface area (Å²) in [5.74, 6) is 2.10. The second-order valence-electron chi connectivity index (χ2n) is 9.47. The Hall–Kier alpha value is -2.89. The number of hydrogen-bond acceptors (Lipinski definition) is 9. The zero-order valence-corrected chi connectivity index (χ0v) is 22.0. The van der Waals surface area contributed by atoms with E-state index in [0.717, 1.165) is 41.8 Å². The topological polar surface area (TPSA) is 130 Å². The number of anilines is 1. The number of hydrogen-bond donors (Lipinski definition) is 5. The smallest absolute Gasteiger partial charge is 0.206 e. The van der Waals surface area contributed by atoms with Crippen molar-refractivity contribution in [1.82, 2.24) is 14.9 Å². The van der Waals surface area contributed by atoms with Gasteiger partial charge in [0, 0.05) is 6.54 Å². The van der Waals surface area contributed by atoms with Crippen molar-refractivity contribution in [3.05, 3.63) is 48.0 Å². The van der Waals surface area contributed by atoms with Gasteiger partial charge in [-0.1, -0.05) is 25.1 Å². The highest BCUT2D eigenvalue weighted by Crippen LogP contribution is 2.35. The van der Waals surface area contributed by atoms with E-state index < -0.39 is 0 Å². The second-order valence-corrected chi connectivity index (χ2v) is 9.47. The van der Waals surface area contributed by atoms with Crippen LogP contribution in [0.5, 0.6) is 11.5 Å². The first kappa shape index (κ1) is 28.1. The number of imidazole rings is 1. The molecule has 1 fully saturated rings. The molecule has 1 aromatic heterocycles. The van der Waals surface area contributed by atoms with Crippen molar-refractivity contribution >= 4 is 17.0 Å². The number of aliphatic hydroxyl groups excluding tert-OH is 3. The van der Waals surface area contributed by atoms with E-state index in [-0.39, 0.29) is 38.2 Å². The number of para-hydroxylation sites is 2. The Labute approximate surface area is 223 Å². The quantitative estimate of drug-likeness (QED) is 0.178. The van der Waals surface area contributed by atoms with Gasteiger partial charge in [-0.15, -0.1) is 0 Å². The third-order valence-corrected chi connectivity index (χ3v) is 6.55. The first-order chi connectivity index (χ1) is 18.7. The first-order valence-corrected chi connectivity index (χ1v) is 13.5. The maximum Gasteiger partial charge on any atom is 0.206 e. The zero-order valence-electron chi connectivity index (χ0n) is 22.0. The van der Waals surface area contributed by atoms with Gasteiger partial charge < -0.3 is 40.2 Å². The van der Waals surface area contributed by atoms with Crippen molar-refractivity contribution in [3.8, 4) is 11.5 Å². The predicted molar refractivity (Wildman–Crippen MR) is 146 cm³/mol. The Morgan fingerprint density at radius 3 is 2.63 bits per heavy atom. The van der Waals surface area contributed by atoms with Gasteiger partial charge in [-0.25, -0.2) is 4.98 Å². The summed E-state index contributed by atoms with van der Waals surface area (Å²) in [7, 11) is 0. The van der Waals surface area contributed by atoms with Gasteiger partial charge in [0.2, 0.25) is 5.95 Å². The summed E-state index contributed by atoms with van der Waals surface area (Å²) >= 11 is 0. The van der Waals surface area contributed by atoms with Gasteiger partial charge in [0.25, 0.3) is 0 Å². The van der Waals surface area contributed by atoms with Crippen molar-refractivity contribution in [3.63, 3.8) is 0 Å². The molecule has 10 nitrogen and oxygen atoms in total. The number of benzene rings is 2. The van der Waals surface area contributed by atoms with Crippen LogP contribution in [-0.4, -0.2) is 76.6 Å². The van der Waals surface area contributed by atoms with E-state index >= 15 is 0 Å². The Bertz CT molecular complexity index is 1140. The summed E-state index contributed by atoms with van der Waals surface area (Å²) in [6.45, 7) is 4.08. The summed E-state index contributed by atoms with van der Waals surface area (Å²) in [6.07, 6.45) is 2.89.